The summed E-state index contributed by atoms with van der Waals surface area (Å²) in [5.41, 5.74) is 10.6. The van der Waals surface area contributed by atoms with Gasteiger partial charge in [0, 0.05) is 57.1 Å². The predicted molar refractivity (Wildman–Crippen MR) is 126 cm³/mol. The zero-order valence-electron chi connectivity index (χ0n) is 17.9. The fourth-order valence-corrected chi connectivity index (χ4v) is 4.15. The molecule has 1 saturated heterocycles. The molecule has 0 atom stereocenters. The summed E-state index contributed by atoms with van der Waals surface area (Å²) >= 11 is 0. The van der Waals surface area contributed by atoms with Gasteiger partial charge in [-0.1, -0.05) is 6.07 Å². The Bertz CT molecular complexity index is 1200. The van der Waals surface area contributed by atoms with E-state index in [9.17, 15) is 4.79 Å². The van der Waals surface area contributed by atoms with Gasteiger partial charge in [-0.05, 0) is 41.5 Å². The van der Waals surface area contributed by atoms with E-state index in [4.69, 9.17) is 5.73 Å². The number of likely N-dealkylation sites (N-methyl/N-ethyl adjacent to an activating group) is 1. The van der Waals surface area contributed by atoms with Crippen molar-refractivity contribution in [3.05, 3.63) is 65.8 Å². The first-order chi connectivity index (χ1) is 15.6. The molecule has 1 aromatic carbocycles. The summed E-state index contributed by atoms with van der Waals surface area (Å²) in [5, 5.41) is 14.2. The van der Waals surface area contributed by atoms with Crippen LogP contribution in [-0.2, 0) is 0 Å². The number of hydrogen-bond donors (Lipinski definition) is 4. The molecule has 1 fully saturated rings. The topological polar surface area (TPSA) is 115 Å². The number of H-pyrrole nitrogens is 1. The van der Waals surface area contributed by atoms with Crippen LogP contribution in [0.15, 0.2) is 54.5 Å². The van der Waals surface area contributed by atoms with E-state index in [2.05, 4.69) is 30.7 Å². The molecule has 9 heteroatoms. The lowest BCUT2D eigenvalue weighted by Crippen LogP contribution is -2.43. The highest BCUT2D eigenvalue weighted by Crippen LogP contribution is 2.26. The van der Waals surface area contributed by atoms with E-state index in [1.807, 2.05) is 54.6 Å². The molecule has 0 bridgehead atoms. The SMILES string of the molecule is CN1C=C(N)C=C(c2ccc3[nH]nc(C(=O)Nc4ccc(N5CCNCC5)nc4)c3c2)C1. The number of carbonyl (C=O) groups is 1. The van der Waals surface area contributed by atoms with Gasteiger partial charge in [0.25, 0.3) is 5.91 Å². The van der Waals surface area contributed by atoms with Gasteiger partial charge in [-0.25, -0.2) is 4.98 Å². The molecule has 1 amide bonds. The molecule has 3 aromatic rings. The van der Waals surface area contributed by atoms with Crippen LogP contribution < -0.4 is 21.3 Å². The molecular weight excluding hydrogens is 404 g/mol. The van der Waals surface area contributed by atoms with Crippen LogP contribution in [0.2, 0.25) is 0 Å². The van der Waals surface area contributed by atoms with Crippen LogP contribution in [0.25, 0.3) is 16.5 Å². The standard InChI is InChI=1S/C23H26N8O/c1-30-13-16(10-17(24)14-30)15-2-4-20-19(11-15)22(29-28-20)23(32)27-18-3-5-21(26-12-18)31-8-6-25-7-9-31/h2-5,10-12,14,25H,6-9,13,24H2,1H3,(H,27,32)(H,28,29). The second kappa shape index (κ2) is 8.35. The predicted octanol–water partition coefficient (Wildman–Crippen LogP) is 1.75. The van der Waals surface area contributed by atoms with Gasteiger partial charge < -0.3 is 26.2 Å². The smallest absolute Gasteiger partial charge is 0.276 e. The van der Waals surface area contributed by atoms with Crippen LogP contribution in [0, 0.1) is 0 Å². The summed E-state index contributed by atoms with van der Waals surface area (Å²) < 4.78 is 0. The number of nitrogens with one attached hydrogen (secondary N) is 3. The Hall–Kier alpha value is -3.85. The van der Waals surface area contributed by atoms with Gasteiger partial charge in [-0.15, -0.1) is 0 Å². The summed E-state index contributed by atoms with van der Waals surface area (Å²) in [6.07, 6.45) is 5.56. The Morgan fingerprint density at radius 1 is 1.19 bits per heavy atom. The second-order valence-corrected chi connectivity index (χ2v) is 8.14. The van der Waals surface area contributed by atoms with E-state index in [1.54, 1.807) is 6.20 Å². The molecule has 0 spiro atoms. The summed E-state index contributed by atoms with van der Waals surface area (Å²) in [6, 6.07) is 9.75. The van der Waals surface area contributed by atoms with Gasteiger partial charge in [-0.2, -0.15) is 5.10 Å². The molecule has 32 heavy (non-hydrogen) atoms. The van der Waals surface area contributed by atoms with Crippen LogP contribution in [0.5, 0.6) is 0 Å². The first-order valence-electron chi connectivity index (χ1n) is 10.7. The van der Waals surface area contributed by atoms with Crippen molar-refractivity contribution in [3.8, 4) is 0 Å². The Kier molecular flexibility index (Phi) is 5.24. The van der Waals surface area contributed by atoms with Crippen molar-refractivity contribution in [2.45, 2.75) is 0 Å². The maximum Gasteiger partial charge on any atom is 0.276 e. The Morgan fingerprint density at radius 2 is 2.03 bits per heavy atom. The number of aromatic amines is 1. The number of allylic oxidation sites excluding steroid dienone is 1. The fraction of sp³-hybridized carbons (Fsp3) is 0.261. The number of aromatic nitrogens is 3. The average Bonchev–Trinajstić information content (AvgIpc) is 3.23. The molecular formula is C23H26N8O. The zero-order valence-corrected chi connectivity index (χ0v) is 17.9. The minimum Gasteiger partial charge on any atom is -0.398 e. The number of benzene rings is 1. The van der Waals surface area contributed by atoms with Crippen LogP contribution >= 0.6 is 0 Å². The maximum absolute atomic E-state index is 13.0. The number of fused-ring (bicyclic) bond motifs is 1. The quantitative estimate of drug-likeness (QED) is 0.498. The van der Waals surface area contributed by atoms with Crippen molar-refractivity contribution in [2.24, 2.45) is 5.73 Å². The van der Waals surface area contributed by atoms with E-state index in [0.717, 1.165) is 60.6 Å². The van der Waals surface area contributed by atoms with Gasteiger partial charge in [-0.3, -0.25) is 9.89 Å². The molecule has 4 heterocycles. The number of nitrogens with zero attached hydrogens (tertiary/aromatic N) is 4. The van der Waals surface area contributed by atoms with Crippen LogP contribution in [0.1, 0.15) is 16.1 Å². The highest BCUT2D eigenvalue weighted by Gasteiger charge is 2.18. The molecule has 0 saturated carbocycles. The van der Waals surface area contributed by atoms with Crippen molar-refractivity contribution < 1.29 is 4.79 Å². The van der Waals surface area contributed by atoms with Crippen molar-refractivity contribution >= 4 is 33.9 Å². The van der Waals surface area contributed by atoms with E-state index in [-0.39, 0.29) is 5.91 Å². The van der Waals surface area contributed by atoms with Gasteiger partial charge >= 0.3 is 0 Å². The molecule has 5 rings (SSSR count). The lowest BCUT2D eigenvalue weighted by atomic mass is 10.00. The Labute approximate surface area is 186 Å². The Balaban J connectivity index is 1.36. The van der Waals surface area contributed by atoms with Crippen molar-refractivity contribution in [2.75, 3.05) is 50.0 Å². The van der Waals surface area contributed by atoms with Crippen LogP contribution in [0.4, 0.5) is 11.5 Å². The third-order valence-electron chi connectivity index (χ3n) is 5.73. The average molecular weight is 431 g/mol. The van der Waals surface area contributed by atoms with Crippen molar-refractivity contribution in [1.29, 1.82) is 0 Å². The number of anilines is 2. The summed E-state index contributed by atoms with van der Waals surface area (Å²) in [4.78, 5) is 21.8. The molecule has 9 nitrogen and oxygen atoms in total. The number of carbonyl (C=O) groups excluding carboxylic acids is 1. The number of pyridine rings is 1. The highest BCUT2D eigenvalue weighted by atomic mass is 16.1. The number of amides is 1. The zero-order chi connectivity index (χ0) is 22.1. The molecule has 164 valence electrons. The van der Waals surface area contributed by atoms with E-state index >= 15 is 0 Å². The number of nitrogens with two attached hydrogens (primary N) is 1. The van der Waals surface area contributed by atoms with E-state index in [0.29, 0.717) is 17.1 Å². The molecule has 0 unspecified atom stereocenters. The van der Waals surface area contributed by atoms with E-state index in [1.165, 1.54) is 0 Å². The molecule has 0 radical (unpaired) electrons. The molecule has 2 aromatic heterocycles. The van der Waals surface area contributed by atoms with Gasteiger partial charge in [0.2, 0.25) is 0 Å². The van der Waals surface area contributed by atoms with Gasteiger partial charge in [0.1, 0.15) is 5.82 Å². The minimum absolute atomic E-state index is 0.278. The lowest BCUT2D eigenvalue weighted by Gasteiger charge is -2.28. The first kappa shape index (κ1) is 20.1. The van der Waals surface area contributed by atoms with Gasteiger partial charge in [0.05, 0.1) is 17.4 Å². The number of hydrogen-bond acceptors (Lipinski definition) is 7. The monoisotopic (exact) mass is 430 g/mol. The highest BCUT2D eigenvalue weighted by molar-refractivity contribution is 6.11. The largest absolute Gasteiger partial charge is 0.398 e. The summed E-state index contributed by atoms with van der Waals surface area (Å²) in [6.45, 7) is 4.49. The molecule has 0 aliphatic carbocycles. The third kappa shape index (κ3) is 4.02. The van der Waals surface area contributed by atoms with Crippen molar-refractivity contribution in [3.63, 3.8) is 0 Å². The summed E-state index contributed by atoms with van der Waals surface area (Å²) in [7, 11) is 1.98. The molecule has 2 aliphatic heterocycles. The van der Waals surface area contributed by atoms with E-state index < -0.39 is 0 Å². The molecule has 2 aliphatic rings. The van der Waals surface area contributed by atoms with Gasteiger partial charge in [0.15, 0.2) is 5.69 Å². The van der Waals surface area contributed by atoms with Crippen LogP contribution in [-0.4, -0.2) is 65.8 Å². The number of piperazine rings is 1. The lowest BCUT2D eigenvalue weighted by molar-refractivity contribution is 0.102. The molecule has 5 N–H and O–H groups in total. The fourth-order valence-electron chi connectivity index (χ4n) is 4.15. The van der Waals surface area contributed by atoms with Crippen molar-refractivity contribution in [1.82, 2.24) is 25.4 Å². The maximum atomic E-state index is 13.0. The minimum atomic E-state index is -0.278. The third-order valence-corrected chi connectivity index (χ3v) is 5.73. The Morgan fingerprint density at radius 3 is 2.78 bits per heavy atom. The number of rotatable bonds is 4. The van der Waals surface area contributed by atoms with Crippen LogP contribution in [0.3, 0.4) is 0 Å². The normalized spacial score (nSPS) is 16.7. The first-order valence-corrected chi connectivity index (χ1v) is 10.7. The second-order valence-electron chi connectivity index (χ2n) is 8.14. The summed E-state index contributed by atoms with van der Waals surface area (Å²) in [5.74, 6) is 0.637.